The molecular weight excluding hydrogens is 308 g/mol. The summed E-state index contributed by atoms with van der Waals surface area (Å²) in [6.07, 6.45) is 6.68. The van der Waals surface area contributed by atoms with Crippen molar-refractivity contribution in [2.45, 2.75) is 26.3 Å². The van der Waals surface area contributed by atoms with Crippen LogP contribution >= 0.6 is 15.9 Å². The first kappa shape index (κ1) is 14.3. The van der Waals surface area contributed by atoms with Gasteiger partial charge in [-0.25, -0.2) is 9.97 Å². The van der Waals surface area contributed by atoms with Crippen molar-refractivity contribution in [1.82, 2.24) is 14.4 Å². The maximum absolute atomic E-state index is 5.20. The van der Waals surface area contributed by atoms with Gasteiger partial charge in [-0.2, -0.15) is 0 Å². The standard InChI is InChI=1S/C13H19BrN4O/c1-4-10(2)18(7-8-19-3)13-12-15-5-6-17(12)9-11(14)16-13/h5-6,9-10H,4,7-8H2,1-3H3. The van der Waals surface area contributed by atoms with Crippen molar-refractivity contribution < 1.29 is 4.74 Å². The van der Waals surface area contributed by atoms with Crippen molar-refractivity contribution in [3.05, 3.63) is 23.2 Å². The van der Waals surface area contributed by atoms with E-state index in [1.165, 1.54) is 0 Å². The van der Waals surface area contributed by atoms with Gasteiger partial charge in [0.1, 0.15) is 4.60 Å². The Bertz CT molecular complexity index is 542. The summed E-state index contributed by atoms with van der Waals surface area (Å²) < 4.78 is 7.99. The zero-order valence-corrected chi connectivity index (χ0v) is 13.1. The number of anilines is 1. The van der Waals surface area contributed by atoms with Crippen LogP contribution in [0.5, 0.6) is 0 Å². The highest BCUT2D eigenvalue weighted by Gasteiger charge is 2.18. The fraction of sp³-hybridized carbons (Fsp3) is 0.538. The Morgan fingerprint density at radius 3 is 3.00 bits per heavy atom. The van der Waals surface area contributed by atoms with Crippen LogP contribution in [0, 0.1) is 0 Å². The third-order valence-electron chi connectivity index (χ3n) is 3.26. The maximum Gasteiger partial charge on any atom is 0.180 e. The molecule has 0 bridgehead atoms. The van der Waals surface area contributed by atoms with Crippen LogP contribution in [-0.4, -0.2) is 40.7 Å². The summed E-state index contributed by atoms with van der Waals surface area (Å²) in [7, 11) is 1.72. The molecule has 19 heavy (non-hydrogen) atoms. The van der Waals surface area contributed by atoms with E-state index < -0.39 is 0 Å². The summed E-state index contributed by atoms with van der Waals surface area (Å²) >= 11 is 3.46. The third kappa shape index (κ3) is 3.06. The highest BCUT2D eigenvalue weighted by atomic mass is 79.9. The van der Waals surface area contributed by atoms with Crippen LogP contribution in [0.1, 0.15) is 20.3 Å². The molecule has 0 spiro atoms. The summed E-state index contributed by atoms with van der Waals surface area (Å²) in [5.74, 6) is 0.894. The Balaban J connectivity index is 2.44. The summed E-state index contributed by atoms with van der Waals surface area (Å²) in [5.41, 5.74) is 0.875. The first-order valence-corrected chi connectivity index (χ1v) is 7.21. The second-order valence-corrected chi connectivity index (χ2v) is 5.30. The van der Waals surface area contributed by atoms with E-state index in [2.05, 4.69) is 44.6 Å². The van der Waals surface area contributed by atoms with E-state index in [-0.39, 0.29) is 0 Å². The number of ether oxygens (including phenoxy) is 1. The van der Waals surface area contributed by atoms with E-state index in [9.17, 15) is 0 Å². The van der Waals surface area contributed by atoms with E-state index >= 15 is 0 Å². The molecule has 6 heteroatoms. The Labute approximate surface area is 121 Å². The minimum atomic E-state index is 0.387. The molecule has 5 nitrogen and oxygen atoms in total. The molecule has 0 aliphatic carbocycles. The number of aromatic nitrogens is 3. The quantitative estimate of drug-likeness (QED) is 0.818. The Morgan fingerprint density at radius 1 is 1.53 bits per heavy atom. The lowest BCUT2D eigenvalue weighted by atomic mass is 10.2. The average molecular weight is 327 g/mol. The highest BCUT2D eigenvalue weighted by Crippen LogP contribution is 2.23. The topological polar surface area (TPSA) is 42.7 Å². The predicted octanol–water partition coefficient (Wildman–Crippen LogP) is 2.74. The Kier molecular flexibility index (Phi) is 4.76. The van der Waals surface area contributed by atoms with Gasteiger partial charge in [0, 0.05) is 38.3 Å². The van der Waals surface area contributed by atoms with Crippen molar-refractivity contribution in [2.75, 3.05) is 25.2 Å². The van der Waals surface area contributed by atoms with E-state index in [0.717, 1.165) is 29.0 Å². The molecule has 2 aromatic heterocycles. The molecule has 2 aromatic rings. The Hall–Kier alpha value is -1.14. The van der Waals surface area contributed by atoms with E-state index in [0.29, 0.717) is 12.6 Å². The molecule has 0 aromatic carbocycles. The van der Waals surface area contributed by atoms with Crippen LogP contribution in [0.15, 0.2) is 23.2 Å². The molecule has 0 N–H and O–H groups in total. The lowest BCUT2D eigenvalue weighted by Gasteiger charge is -2.29. The second kappa shape index (κ2) is 6.34. The lowest BCUT2D eigenvalue weighted by Crippen LogP contribution is -2.36. The molecule has 1 unspecified atom stereocenters. The molecule has 0 saturated heterocycles. The molecule has 0 fully saturated rings. The minimum Gasteiger partial charge on any atom is -0.383 e. The molecule has 2 rings (SSSR count). The summed E-state index contributed by atoms with van der Waals surface area (Å²) in [6.45, 7) is 5.84. The largest absolute Gasteiger partial charge is 0.383 e. The van der Waals surface area contributed by atoms with Gasteiger partial charge in [-0.05, 0) is 29.3 Å². The van der Waals surface area contributed by atoms with Crippen molar-refractivity contribution in [3.63, 3.8) is 0 Å². The van der Waals surface area contributed by atoms with E-state index in [1.807, 2.05) is 16.8 Å². The van der Waals surface area contributed by atoms with Crippen molar-refractivity contribution in [1.29, 1.82) is 0 Å². The second-order valence-electron chi connectivity index (χ2n) is 4.49. The van der Waals surface area contributed by atoms with Gasteiger partial charge < -0.3 is 14.0 Å². The monoisotopic (exact) mass is 326 g/mol. The van der Waals surface area contributed by atoms with Crippen LogP contribution in [0.2, 0.25) is 0 Å². The fourth-order valence-corrected chi connectivity index (χ4v) is 2.41. The van der Waals surface area contributed by atoms with E-state index in [4.69, 9.17) is 4.74 Å². The van der Waals surface area contributed by atoms with Crippen LogP contribution in [0.25, 0.3) is 5.65 Å². The third-order valence-corrected chi connectivity index (χ3v) is 3.64. The number of imidazole rings is 1. The zero-order valence-electron chi connectivity index (χ0n) is 11.5. The Morgan fingerprint density at radius 2 is 2.32 bits per heavy atom. The minimum absolute atomic E-state index is 0.387. The number of nitrogens with zero attached hydrogens (tertiary/aromatic N) is 4. The predicted molar refractivity (Wildman–Crippen MR) is 79.7 cm³/mol. The number of fused-ring (bicyclic) bond motifs is 1. The number of hydrogen-bond acceptors (Lipinski definition) is 4. The van der Waals surface area contributed by atoms with Gasteiger partial charge in [0.15, 0.2) is 11.5 Å². The van der Waals surface area contributed by atoms with Crippen molar-refractivity contribution >= 4 is 27.4 Å². The van der Waals surface area contributed by atoms with Gasteiger partial charge in [0.2, 0.25) is 0 Å². The molecule has 0 amide bonds. The summed E-state index contributed by atoms with van der Waals surface area (Å²) in [5, 5.41) is 0. The fourth-order valence-electron chi connectivity index (χ4n) is 2.02. The first-order valence-electron chi connectivity index (χ1n) is 6.42. The van der Waals surface area contributed by atoms with Gasteiger partial charge in [-0.15, -0.1) is 0 Å². The summed E-state index contributed by atoms with van der Waals surface area (Å²) in [4.78, 5) is 11.2. The SMILES string of the molecule is CCC(C)N(CCOC)c1nc(Br)cn2ccnc12. The molecule has 0 radical (unpaired) electrons. The maximum atomic E-state index is 5.20. The van der Waals surface area contributed by atoms with E-state index in [1.54, 1.807) is 13.3 Å². The molecule has 104 valence electrons. The van der Waals surface area contributed by atoms with Crippen LogP contribution < -0.4 is 4.90 Å². The first-order chi connectivity index (χ1) is 9.17. The van der Waals surface area contributed by atoms with Crippen LogP contribution in [0.4, 0.5) is 5.82 Å². The average Bonchev–Trinajstić information content (AvgIpc) is 2.86. The number of halogens is 1. The number of rotatable bonds is 6. The molecule has 2 heterocycles. The van der Waals surface area contributed by atoms with Gasteiger partial charge in [0.05, 0.1) is 6.61 Å². The van der Waals surface area contributed by atoms with Crippen molar-refractivity contribution in [3.8, 4) is 0 Å². The lowest BCUT2D eigenvalue weighted by molar-refractivity contribution is 0.203. The van der Waals surface area contributed by atoms with Crippen LogP contribution in [0.3, 0.4) is 0 Å². The molecule has 0 saturated carbocycles. The van der Waals surface area contributed by atoms with Gasteiger partial charge in [0.25, 0.3) is 0 Å². The molecule has 0 aliphatic heterocycles. The summed E-state index contributed by atoms with van der Waals surface area (Å²) in [6, 6.07) is 0.387. The zero-order chi connectivity index (χ0) is 13.8. The number of hydrogen-bond donors (Lipinski definition) is 0. The van der Waals surface area contributed by atoms with Crippen LogP contribution in [-0.2, 0) is 4.74 Å². The molecule has 0 aliphatic rings. The van der Waals surface area contributed by atoms with Gasteiger partial charge in [-0.3, -0.25) is 0 Å². The smallest absolute Gasteiger partial charge is 0.180 e. The van der Waals surface area contributed by atoms with Crippen molar-refractivity contribution in [2.24, 2.45) is 0 Å². The normalized spacial score (nSPS) is 12.8. The molecular formula is C13H19BrN4O. The van der Waals surface area contributed by atoms with Gasteiger partial charge >= 0.3 is 0 Å². The molecule has 1 atom stereocenters. The van der Waals surface area contributed by atoms with Gasteiger partial charge in [-0.1, -0.05) is 6.92 Å². The number of methoxy groups -OCH3 is 1. The highest BCUT2D eigenvalue weighted by molar-refractivity contribution is 9.10.